The maximum absolute atomic E-state index is 13.4. The fourth-order valence-corrected chi connectivity index (χ4v) is 6.72. The van der Waals surface area contributed by atoms with E-state index in [1.54, 1.807) is 31.2 Å². The molecule has 2 aromatic rings. The van der Waals surface area contributed by atoms with Crippen LogP contribution < -0.4 is 10.6 Å². The van der Waals surface area contributed by atoms with Crippen LogP contribution in [0.15, 0.2) is 46.8 Å². The van der Waals surface area contributed by atoms with Gasteiger partial charge in [0.25, 0.3) is 12.2 Å². The van der Waals surface area contributed by atoms with Gasteiger partial charge < -0.3 is 24.8 Å². The van der Waals surface area contributed by atoms with Gasteiger partial charge in [-0.15, -0.1) is 0 Å². The summed E-state index contributed by atoms with van der Waals surface area (Å²) in [5, 5.41) is 6.26. The number of pyridine rings is 1. The quantitative estimate of drug-likeness (QED) is 0.340. The van der Waals surface area contributed by atoms with E-state index in [0.717, 1.165) is 24.8 Å². The van der Waals surface area contributed by atoms with E-state index in [1.165, 1.54) is 12.4 Å². The standard InChI is InChI=1S/C28H26BrCl2N3O7/c1-14-26(41-27(38)39-14)40-25(37)19(34-22-21(29)23(35)28(22)9-3-2-4-10-28)11-15-5-7-16(8-6-15)33-24(36)20-17(30)12-32-13-18(20)31/h5-8,12-14,19,26,34H,2-4,9-11H2,1H3,(H,33,36)/t14?,19-,26?/m0/s1. The predicted octanol–water partition coefficient (Wildman–Crippen LogP) is 5.71. The normalized spacial score (nSPS) is 22.0. The number of carbonyl (C=O) groups excluding carboxylic acids is 4. The van der Waals surface area contributed by atoms with E-state index in [-0.39, 0.29) is 27.8 Å². The number of ketones is 1. The highest BCUT2D eigenvalue weighted by atomic mass is 79.9. The number of esters is 1. The SMILES string of the molecule is CC1OC(=O)OC1OC(=O)[C@H](Cc1ccc(NC(=O)c2c(Cl)cncc2Cl)cc1)NC1=C(Br)C(=O)C12CCCCC2. The van der Waals surface area contributed by atoms with Gasteiger partial charge in [-0.05, 0) is 53.4 Å². The summed E-state index contributed by atoms with van der Waals surface area (Å²) < 4.78 is 15.8. The molecule has 2 heterocycles. The summed E-state index contributed by atoms with van der Waals surface area (Å²) in [6.07, 6.45) is 4.28. The molecule has 1 aliphatic heterocycles. The van der Waals surface area contributed by atoms with Gasteiger partial charge in [-0.2, -0.15) is 0 Å². The molecule has 216 valence electrons. The lowest BCUT2D eigenvalue weighted by molar-refractivity contribution is -0.169. The first-order valence-electron chi connectivity index (χ1n) is 13.1. The molecule has 0 radical (unpaired) electrons. The van der Waals surface area contributed by atoms with Crippen LogP contribution in [0.1, 0.15) is 54.9 Å². The summed E-state index contributed by atoms with van der Waals surface area (Å²) in [5.41, 5.74) is 1.37. The summed E-state index contributed by atoms with van der Waals surface area (Å²) in [6.45, 7) is 1.56. The van der Waals surface area contributed by atoms with Gasteiger partial charge >= 0.3 is 12.1 Å². The number of aromatic nitrogens is 1. The number of cyclic esters (lactones) is 2. The van der Waals surface area contributed by atoms with Gasteiger partial charge in [0.1, 0.15) is 6.04 Å². The monoisotopic (exact) mass is 665 g/mol. The summed E-state index contributed by atoms with van der Waals surface area (Å²) in [6, 6.07) is 5.95. The molecule has 1 amide bonds. The number of hydrogen-bond acceptors (Lipinski definition) is 9. The zero-order valence-electron chi connectivity index (χ0n) is 21.9. The van der Waals surface area contributed by atoms with E-state index in [9.17, 15) is 19.2 Å². The van der Waals surface area contributed by atoms with Gasteiger partial charge in [-0.1, -0.05) is 54.6 Å². The highest BCUT2D eigenvalue weighted by Gasteiger charge is 2.54. The third-order valence-corrected chi connectivity index (χ3v) is 8.81. The molecule has 2 unspecified atom stereocenters. The Morgan fingerprint density at radius 1 is 1.10 bits per heavy atom. The first kappa shape index (κ1) is 29.3. The van der Waals surface area contributed by atoms with E-state index < -0.39 is 41.9 Å². The number of allylic oxidation sites excluding steroid dienone is 2. The molecule has 2 N–H and O–H groups in total. The molecule has 10 nitrogen and oxygen atoms in total. The lowest BCUT2D eigenvalue weighted by Gasteiger charge is -2.46. The average molecular weight is 667 g/mol. The molecule has 0 bridgehead atoms. The molecule has 1 spiro atoms. The molecule has 1 saturated carbocycles. The second kappa shape index (κ2) is 12.0. The predicted molar refractivity (Wildman–Crippen MR) is 153 cm³/mol. The third kappa shape index (κ3) is 5.93. The topological polar surface area (TPSA) is 133 Å². The van der Waals surface area contributed by atoms with Crippen molar-refractivity contribution >= 4 is 68.6 Å². The van der Waals surface area contributed by atoms with E-state index in [1.807, 2.05) is 0 Å². The van der Waals surface area contributed by atoms with Crippen molar-refractivity contribution in [2.24, 2.45) is 5.41 Å². The Labute approximate surface area is 254 Å². The number of hydrogen-bond donors (Lipinski definition) is 2. The molecular formula is C28H26BrCl2N3O7. The molecule has 1 aromatic carbocycles. The number of halogens is 3. The minimum absolute atomic E-state index is 0.0352. The van der Waals surface area contributed by atoms with Crippen LogP contribution in [0.4, 0.5) is 10.5 Å². The van der Waals surface area contributed by atoms with Crippen molar-refractivity contribution in [3.8, 4) is 0 Å². The van der Waals surface area contributed by atoms with Crippen molar-refractivity contribution < 1.29 is 33.4 Å². The van der Waals surface area contributed by atoms with E-state index >= 15 is 0 Å². The number of nitrogens with zero attached hydrogens (tertiary/aromatic N) is 1. The molecular weight excluding hydrogens is 641 g/mol. The Morgan fingerprint density at radius 2 is 1.76 bits per heavy atom. The number of ether oxygens (including phenoxy) is 3. The Kier molecular flexibility index (Phi) is 8.58. The number of benzene rings is 1. The molecule has 2 aliphatic carbocycles. The van der Waals surface area contributed by atoms with Crippen LogP contribution in [0.25, 0.3) is 0 Å². The molecule has 41 heavy (non-hydrogen) atoms. The van der Waals surface area contributed by atoms with Gasteiger partial charge in [0.05, 0.1) is 25.5 Å². The number of Topliss-reactive ketones (excluding diaryl/α,β-unsaturated/α-hetero) is 1. The average Bonchev–Trinajstić information content (AvgIpc) is 3.27. The van der Waals surface area contributed by atoms with Gasteiger partial charge in [-0.3, -0.25) is 14.6 Å². The lowest BCUT2D eigenvalue weighted by Crippen LogP contribution is -2.54. The van der Waals surface area contributed by atoms with Crippen LogP contribution >= 0.6 is 39.1 Å². The van der Waals surface area contributed by atoms with Crippen LogP contribution in [0.2, 0.25) is 10.0 Å². The van der Waals surface area contributed by atoms with E-state index in [2.05, 4.69) is 31.5 Å². The smallest absolute Gasteiger partial charge is 0.423 e. The van der Waals surface area contributed by atoms with Crippen LogP contribution in [-0.4, -0.2) is 47.2 Å². The Balaban J connectivity index is 1.33. The van der Waals surface area contributed by atoms with Gasteiger partial charge in [-0.25, -0.2) is 9.59 Å². The third-order valence-electron chi connectivity index (χ3n) is 7.48. The Bertz CT molecular complexity index is 1410. The first-order valence-corrected chi connectivity index (χ1v) is 14.6. The molecule has 13 heteroatoms. The van der Waals surface area contributed by atoms with Gasteiger partial charge in [0, 0.05) is 30.2 Å². The Hall–Kier alpha value is -3.15. The summed E-state index contributed by atoms with van der Waals surface area (Å²) in [4.78, 5) is 54.4. The van der Waals surface area contributed by atoms with Gasteiger partial charge in [0.2, 0.25) is 0 Å². The molecule has 1 saturated heterocycles. The summed E-state index contributed by atoms with van der Waals surface area (Å²) in [7, 11) is 0. The van der Waals surface area contributed by atoms with Crippen LogP contribution in [0, 0.1) is 5.41 Å². The second-order valence-corrected chi connectivity index (χ2v) is 11.8. The van der Waals surface area contributed by atoms with Crippen LogP contribution in [0.3, 0.4) is 0 Å². The summed E-state index contributed by atoms with van der Waals surface area (Å²) in [5.74, 6) is -1.13. The van der Waals surface area contributed by atoms with Crippen molar-refractivity contribution in [1.82, 2.24) is 10.3 Å². The van der Waals surface area contributed by atoms with E-state index in [4.69, 9.17) is 37.4 Å². The first-order chi connectivity index (χ1) is 19.6. The van der Waals surface area contributed by atoms with Gasteiger partial charge in [0.15, 0.2) is 11.9 Å². The molecule has 3 aliphatic rings. The lowest BCUT2D eigenvalue weighted by atomic mass is 9.62. The number of nitrogens with one attached hydrogen (secondary N) is 2. The maximum Gasteiger partial charge on any atom is 0.512 e. The molecule has 2 fully saturated rings. The molecule has 3 atom stereocenters. The fraction of sp³-hybridized carbons (Fsp3) is 0.393. The van der Waals surface area contributed by atoms with Crippen molar-refractivity contribution in [3.05, 3.63) is 68.0 Å². The van der Waals surface area contributed by atoms with Crippen molar-refractivity contribution in [1.29, 1.82) is 0 Å². The maximum atomic E-state index is 13.4. The Morgan fingerprint density at radius 3 is 2.37 bits per heavy atom. The minimum Gasteiger partial charge on any atom is -0.423 e. The number of anilines is 1. The largest absolute Gasteiger partial charge is 0.512 e. The highest BCUT2D eigenvalue weighted by molar-refractivity contribution is 9.12. The number of rotatable bonds is 8. The van der Waals surface area contributed by atoms with Crippen molar-refractivity contribution in [2.45, 2.75) is 63.9 Å². The number of amides is 1. The van der Waals surface area contributed by atoms with Crippen LogP contribution in [-0.2, 0) is 30.2 Å². The zero-order valence-corrected chi connectivity index (χ0v) is 25.0. The van der Waals surface area contributed by atoms with Crippen molar-refractivity contribution in [2.75, 3.05) is 5.32 Å². The highest BCUT2D eigenvalue weighted by Crippen LogP contribution is 2.53. The zero-order chi connectivity index (χ0) is 29.3. The molecule has 1 aromatic heterocycles. The molecule has 5 rings (SSSR count). The fourth-order valence-electron chi connectivity index (χ4n) is 5.31. The van der Waals surface area contributed by atoms with Crippen molar-refractivity contribution in [3.63, 3.8) is 0 Å². The summed E-state index contributed by atoms with van der Waals surface area (Å²) >= 11 is 15.6. The minimum atomic E-state index is -1.19. The van der Waals surface area contributed by atoms with Crippen LogP contribution in [0.5, 0.6) is 0 Å². The number of carbonyl (C=O) groups is 4. The second-order valence-electron chi connectivity index (χ2n) is 10.2. The van der Waals surface area contributed by atoms with E-state index in [0.29, 0.717) is 28.7 Å².